The Morgan fingerprint density at radius 1 is 1.69 bits per heavy atom. The lowest BCUT2D eigenvalue weighted by atomic mass is 9.96. The minimum absolute atomic E-state index is 0.104. The van der Waals surface area contributed by atoms with Crippen LogP contribution in [0.3, 0.4) is 0 Å². The summed E-state index contributed by atoms with van der Waals surface area (Å²) in [6.07, 6.45) is 2.24. The maximum atomic E-state index is 10.3. The highest BCUT2D eigenvalue weighted by atomic mass is 16.5. The van der Waals surface area contributed by atoms with Crippen LogP contribution in [0.2, 0.25) is 0 Å². The molecule has 90 valence electrons. The number of ether oxygens (including phenoxy) is 1. The molecule has 1 saturated heterocycles. The fraction of sp³-hybridized carbons (Fsp3) is 0.667. The molecule has 0 amide bonds. The van der Waals surface area contributed by atoms with Gasteiger partial charge in [0.05, 0.1) is 18.4 Å². The van der Waals surface area contributed by atoms with E-state index in [0.717, 1.165) is 5.76 Å². The maximum Gasteiger partial charge on any atom is 0.120 e. The third-order valence-corrected chi connectivity index (χ3v) is 3.34. The van der Waals surface area contributed by atoms with Gasteiger partial charge in [0.2, 0.25) is 0 Å². The summed E-state index contributed by atoms with van der Waals surface area (Å²) in [7, 11) is 0. The Morgan fingerprint density at radius 3 is 3.06 bits per heavy atom. The molecule has 4 heteroatoms. The molecule has 0 aromatic carbocycles. The average Bonchev–Trinajstić information content (AvgIpc) is 2.87. The van der Waals surface area contributed by atoms with Gasteiger partial charge in [-0.1, -0.05) is 0 Å². The van der Waals surface area contributed by atoms with Gasteiger partial charge < -0.3 is 19.6 Å². The van der Waals surface area contributed by atoms with Gasteiger partial charge in [-0.2, -0.15) is 0 Å². The Kier molecular flexibility index (Phi) is 3.33. The number of furan rings is 1. The highest BCUT2D eigenvalue weighted by Gasteiger charge is 2.39. The van der Waals surface area contributed by atoms with E-state index in [0.29, 0.717) is 19.6 Å². The van der Waals surface area contributed by atoms with Crippen LogP contribution in [-0.2, 0) is 4.74 Å². The van der Waals surface area contributed by atoms with Crippen LogP contribution in [0.15, 0.2) is 22.8 Å². The lowest BCUT2D eigenvalue weighted by Crippen LogP contribution is -2.46. The number of aliphatic hydroxyl groups is 1. The summed E-state index contributed by atoms with van der Waals surface area (Å²) in [5.74, 6) is 0.884. The van der Waals surface area contributed by atoms with Crippen molar-refractivity contribution in [1.29, 1.82) is 0 Å². The SMILES string of the molecule is CC(NCC1(O)CCOC1C)c1ccco1. The molecule has 3 unspecified atom stereocenters. The standard InChI is InChI=1S/C12H19NO3/c1-9(11-4-3-6-16-11)13-8-12(14)5-7-15-10(12)2/h3-4,6,9-10,13-14H,5,7-8H2,1-2H3. The van der Waals surface area contributed by atoms with E-state index in [1.165, 1.54) is 0 Å². The summed E-state index contributed by atoms with van der Waals surface area (Å²) in [5, 5.41) is 13.6. The zero-order chi connectivity index (χ0) is 11.6. The molecule has 4 nitrogen and oxygen atoms in total. The molecule has 1 aromatic heterocycles. The number of nitrogens with one attached hydrogen (secondary N) is 1. The molecule has 0 aliphatic carbocycles. The second kappa shape index (κ2) is 4.57. The molecule has 2 rings (SSSR count). The minimum Gasteiger partial charge on any atom is -0.468 e. The van der Waals surface area contributed by atoms with Gasteiger partial charge in [0.25, 0.3) is 0 Å². The van der Waals surface area contributed by atoms with Crippen molar-refractivity contribution >= 4 is 0 Å². The van der Waals surface area contributed by atoms with Crippen LogP contribution in [-0.4, -0.2) is 30.0 Å². The van der Waals surface area contributed by atoms with Crippen LogP contribution in [0, 0.1) is 0 Å². The van der Waals surface area contributed by atoms with Gasteiger partial charge in [-0.15, -0.1) is 0 Å². The van der Waals surface area contributed by atoms with E-state index >= 15 is 0 Å². The van der Waals surface area contributed by atoms with E-state index in [1.54, 1.807) is 6.26 Å². The van der Waals surface area contributed by atoms with Crippen LogP contribution < -0.4 is 5.32 Å². The molecular formula is C12H19NO3. The van der Waals surface area contributed by atoms with Gasteiger partial charge in [0.15, 0.2) is 0 Å². The van der Waals surface area contributed by atoms with E-state index in [4.69, 9.17) is 9.15 Å². The fourth-order valence-corrected chi connectivity index (χ4v) is 1.97. The molecule has 16 heavy (non-hydrogen) atoms. The Bertz CT molecular complexity index is 325. The molecule has 0 saturated carbocycles. The normalized spacial score (nSPS) is 31.8. The Labute approximate surface area is 95.6 Å². The zero-order valence-corrected chi connectivity index (χ0v) is 9.77. The van der Waals surface area contributed by atoms with Crippen LogP contribution >= 0.6 is 0 Å². The van der Waals surface area contributed by atoms with Crippen LogP contribution in [0.4, 0.5) is 0 Å². The second-order valence-corrected chi connectivity index (χ2v) is 4.48. The molecular weight excluding hydrogens is 206 g/mol. The first kappa shape index (κ1) is 11.6. The van der Waals surface area contributed by atoms with Crippen molar-refractivity contribution in [2.75, 3.05) is 13.2 Å². The van der Waals surface area contributed by atoms with Gasteiger partial charge in [-0.3, -0.25) is 0 Å². The molecule has 0 bridgehead atoms. The van der Waals surface area contributed by atoms with E-state index in [-0.39, 0.29) is 12.1 Å². The Morgan fingerprint density at radius 2 is 2.50 bits per heavy atom. The van der Waals surface area contributed by atoms with Crippen LogP contribution in [0.5, 0.6) is 0 Å². The van der Waals surface area contributed by atoms with Gasteiger partial charge in [-0.25, -0.2) is 0 Å². The highest BCUT2D eigenvalue weighted by Crippen LogP contribution is 2.25. The number of hydrogen-bond acceptors (Lipinski definition) is 4. The molecule has 2 N–H and O–H groups in total. The number of rotatable bonds is 4. The zero-order valence-electron chi connectivity index (χ0n) is 9.77. The van der Waals surface area contributed by atoms with Crippen molar-refractivity contribution in [3.8, 4) is 0 Å². The quantitative estimate of drug-likeness (QED) is 0.814. The lowest BCUT2D eigenvalue weighted by molar-refractivity contribution is -0.0277. The first-order valence-corrected chi connectivity index (χ1v) is 5.72. The Balaban J connectivity index is 1.87. The summed E-state index contributed by atoms with van der Waals surface area (Å²) < 4.78 is 10.7. The first-order chi connectivity index (χ1) is 7.62. The molecule has 3 atom stereocenters. The van der Waals surface area contributed by atoms with Crippen molar-refractivity contribution in [2.45, 2.75) is 38.0 Å². The van der Waals surface area contributed by atoms with Crippen molar-refractivity contribution in [3.05, 3.63) is 24.2 Å². The Hall–Kier alpha value is -0.840. The molecule has 0 spiro atoms. The fourth-order valence-electron chi connectivity index (χ4n) is 1.97. The second-order valence-electron chi connectivity index (χ2n) is 4.48. The molecule has 1 aromatic rings. The molecule has 1 fully saturated rings. The average molecular weight is 225 g/mol. The maximum absolute atomic E-state index is 10.3. The third-order valence-electron chi connectivity index (χ3n) is 3.34. The first-order valence-electron chi connectivity index (χ1n) is 5.72. The van der Waals surface area contributed by atoms with Gasteiger partial charge in [-0.05, 0) is 26.0 Å². The summed E-state index contributed by atoms with van der Waals surface area (Å²) in [5.41, 5.74) is -0.749. The summed E-state index contributed by atoms with van der Waals surface area (Å²) in [6, 6.07) is 3.90. The van der Waals surface area contributed by atoms with Crippen molar-refractivity contribution < 1.29 is 14.3 Å². The highest BCUT2D eigenvalue weighted by molar-refractivity contribution is 5.04. The minimum atomic E-state index is -0.749. The lowest BCUT2D eigenvalue weighted by Gasteiger charge is -2.27. The summed E-state index contributed by atoms with van der Waals surface area (Å²) >= 11 is 0. The predicted octanol–water partition coefficient (Wildman–Crippen LogP) is 1.47. The van der Waals surface area contributed by atoms with Gasteiger partial charge in [0.1, 0.15) is 11.4 Å². The molecule has 0 radical (unpaired) electrons. The van der Waals surface area contributed by atoms with Crippen molar-refractivity contribution in [3.63, 3.8) is 0 Å². The molecule has 2 heterocycles. The predicted molar refractivity (Wildman–Crippen MR) is 60.1 cm³/mol. The molecule has 1 aliphatic rings. The topological polar surface area (TPSA) is 54.6 Å². The van der Waals surface area contributed by atoms with Crippen molar-refractivity contribution in [2.24, 2.45) is 0 Å². The van der Waals surface area contributed by atoms with E-state index in [2.05, 4.69) is 5.32 Å². The largest absolute Gasteiger partial charge is 0.468 e. The van der Waals surface area contributed by atoms with Gasteiger partial charge >= 0.3 is 0 Å². The summed E-state index contributed by atoms with van der Waals surface area (Å²) in [6.45, 7) is 5.08. The number of hydrogen-bond donors (Lipinski definition) is 2. The van der Waals surface area contributed by atoms with Crippen molar-refractivity contribution in [1.82, 2.24) is 5.32 Å². The monoisotopic (exact) mass is 225 g/mol. The third kappa shape index (κ3) is 2.29. The van der Waals surface area contributed by atoms with E-state index < -0.39 is 5.60 Å². The van der Waals surface area contributed by atoms with Gasteiger partial charge in [0, 0.05) is 19.6 Å². The summed E-state index contributed by atoms with van der Waals surface area (Å²) in [4.78, 5) is 0. The van der Waals surface area contributed by atoms with E-state index in [9.17, 15) is 5.11 Å². The van der Waals surface area contributed by atoms with E-state index in [1.807, 2.05) is 26.0 Å². The van der Waals surface area contributed by atoms with Crippen LogP contribution in [0.1, 0.15) is 32.1 Å². The van der Waals surface area contributed by atoms with Crippen LogP contribution in [0.25, 0.3) is 0 Å². The smallest absolute Gasteiger partial charge is 0.120 e. The molecule has 1 aliphatic heterocycles.